The minimum absolute atomic E-state index is 0.0717. The van der Waals surface area contributed by atoms with Crippen molar-refractivity contribution in [3.8, 4) is 0 Å². The average molecular weight is 278 g/mol. The van der Waals surface area contributed by atoms with E-state index in [9.17, 15) is 0 Å². The van der Waals surface area contributed by atoms with Crippen molar-refractivity contribution in [3.05, 3.63) is 39.9 Å². The SMILES string of the molecule is [B]c1c([B])c([B])c(C2CCc3cc(Cl)ccc32)c([B])c1[B]. The summed E-state index contributed by atoms with van der Waals surface area (Å²) in [7, 11) is 30.1. The maximum absolute atomic E-state index is 6.15. The van der Waals surface area contributed by atoms with E-state index in [0.717, 1.165) is 23.4 Å². The standard InChI is InChI=1S/C15H8B5Cl/c16-11-10(12(17)14(19)15(20)13(11)18)9-3-1-6-5-7(21)2-4-8(6)9/h2,4-5,9H,1,3H2. The molecule has 0 N–H and O–H groups in total. The summed E-state index contributed by atoms with van der Waals surface area (Å²) in [6.45, 7) is 0. The molecule has 0 aromatic heterocycles. The van der Waals surface area contributed by atoms with E-state index < -0.39 is 0 Å². The van der Waals surface area contributed by atoms with Gasteiger partial charge in [-0.1, -0.05) is 23.2 Å². The van der Waals surface area contributed by atoms with Crippen molar-refractivity contribution in [1.29, 1.82) is 0 Å². The van der Waals surface area contributed by atoms with Gasteiger partial charge in [-0.25, -0.2) is 0 Å². The minimum atomic E-state index is 0.0717. The number of halogens is 1. The summed E-state index contributed by atoms with van der Waals surface area (Å²) in [4.78, 5) is 0. The van der Waals surface area contributed by atoms with Gasteiger partial charge in [0.2, 0.25) is 0 Å². The van der Waals surface area contributed by atoms with Crippen molar-refractivity contribution >= 4 is 78.1 Å². The summed E-state index contributed by atoms with van der Waals surface area (Å²) in [5.41, 5.74) is 4.86. The van der Waals surface area contributed by atoms with E-state index in [2.05, 4.69) is 0 Å². The van der Waals surface area contributed by atoms with Crippen LogP contribution in [-0.4, -0.2) is 39.2 Å². The summed E-state index contributed by atoms with van der Waals surface area (Å²) in [6.07, 6.45) is 1.82. The maximum Gasteiger partial charge on any atom is 0.113 e. The highest BCUT2D eigenvalue weighted by atomic mass is 35.5. The molecule has 0 nitrogen and oxygen atoms in total. The van der Waals surface area contributed by atoms with Gasteiger partial charge >= 0.3 is 0 Å². The van der Waals surface area contributed by atoms with Crippen LogP contribution in [-0.2, 0) is 6.42 Å². The van der Waals surface area contributed by atoms with E-state index in [-0.39, 0.29) is 11.4 Å². The first kappa shape index (κ1) is 15.0. The molecule has 3 rings (SSSR count). The Labute approximate surface area is 137 Å². The molecule has 6 heteroatoms. The Morgan fingerprint density at radius 2 is 1.43 bits per heavy atom. The first-order chi connectivity index (χ1) is 9.91. The van der Waals surface area contributed by atoms with Crippen LogP contribution in [0.5, 0.6) is 0 Å². The Hall–Kier alpha value is -0.945. The largest absolute Gasteiger partial charge is 0.113 e. The van der Waals surface area contributed by atoms with E-state index in [1.54, 1.807) is 0 Å². The fourth-order valence-electron chi connectivity index (χ4n) is 3.13. The molecule has 0 heterocycles. The second-order valence-corrected chi connectivity index (χ2v) is 5.85. The van der Waals surface area contributed by atoms with Gasteiger partial charge in [0.25, 0.3) is 0 Å². The number of rotatable bonds is 1. The monoisotopic (exact) mass is 278 g/mol. The number of hydrogen-bond donors (Lipinski definition) is 0. The predicted octanol–water partition coefficient (Wildman–Crippen LogP) is -1.61. The molecule has 1 atom stereocenters. The lowest BCUT2D eigenvalue weighted by molar-refractivity contribution is 0.797. The summed E-state index contributed by atoms with van der Waals surface area (Å²) >= 11 is 6.04. The quantitative estimate of drug-likeness (QED) is 0.550. The number of hydrogen-bond acceptors (Lipinski definition) is 0. The second-order valence-electron chi connectivity index (χ2n) is 5.42. The number of fused-ring (bicyclic) bond motifs is 1. The molecule has 1 aliphatic carbocycles. The molecule has 0 aliphatic heterocycles. The van der Waals surface area contributed by atoms with Crippen molar-refractivity contribution in [3.63, 3.8) is 0 Å². The van der Waals surface area contributed by atoms with Gasteiger partial charge in [0.1, 0.15) is 39.2 Å². The normalized spacial score (nSPS) is 16.9. The highest BCUT2D eigenvalue weighted by Crippen LogP contribution is 2.37. The molecule has 0 spiro atoms. The van der Waals surface area contributed by atoms with E-state index >= 15 is 0 Å². The zero-order valence-electron chi connectivity index (χ0n) is 11.5. The first-order valence-corrected chi connectivity index (χ1v) is 7.09. The maximum atomic E-state index is 6.15. The predicted molar refractivity (Wildman–Crippen MR) is 95.0 cm³/mol. The van der Waals surface area contributed by atoms with E-state index in [1.165, 1.54) is 11.1 Å². The van der Waals surface area contributed by atoms with E-state index in [0.29, 0.717) is 21.9 Å². The smallest absolute Gasteiger partial charge is 0.112 e. The van der Waals surface area contributed by atoms with Crippen molar-refractivity contribution in [1.82, 2.24) is 0 Å². The van der Waals surface area contributed by atoms with Crippen LogP contribution < -0.4 is 27.3 Å². The molecule has 21 heavy (non-hydrogen) atoms. The summed E-state index contributed by atoms with van der Waals surface area (Å²) in [5.74, 6) is 0.0717. The third-order valence-corrected chi connectivity index (χ3v) is 4.51. The second kappa shape index (κ2) is 5.36. The molecular weight excluding hydrogens is 270 g/mol. The van der Waals surface area contributed by atoms with Gasteiger partial charge in [-0.2, -0.15) is 0 Å². The molecule has 10 radical (unpaired) electrons. The van der Waals surface area contributed by atoms with Gasteiger partial charge in [-0.05, 0) is 36.1 Å². The van der Waals surface area contributed by atoms with Crippen molar-refractivity contribution in [2.45, 2.75) is 18.8 Å². The fraction of sp³-hybridized carbons (Fsp3) is 0.200. The Morgan fingerprint density at radius 1 is 0.857 bits per heavy atom. The molecule has 1 unspecified atom stereocenters. The summed E-state index contributed by atoms with van der Waals surface area (Å²) < 4.78 is 0. The zero-order chi connectivity index (χ0) is 15.3. The van der Waals surface area contributed by atoms with Crippen molar-refractivity contribution < 1.29 is 0 Å². The van der Waals surface area contributed by atoms with E-state index in [4.69, 9.17) is 50.8 Å². The van der Waals surface area contributed by atoms with Crippen LogP contribution in [0.15, 0.2) is 18.2 Å². The van der Waals surface area contributed by atoms with Crippen molar-refractivity contribution in [2.75, 3.05) is 0 Å². The molecule has 1 aliphatic rings. The van der Waals surface area contributed by atoms with E-state index in [1.807, 2.05) is 18.2 Å². The highest BCUT2D eigenvalue weighted by Gasteiger charge is 2.27. The van der Waals surface area contributed by atoms with Crippen LogP contribution >= 0.6 is 11.6 Å². The molecule has 2 aromatic carbocycles. The minimum Gasteiger partial charge on any atom is -0.112 e. The third-order valence-electron chi connectivity index (χ3n) is 4.27. The summed E-state index contributed by atoms with van der Waals surface area (Å²) in [5, 5.41) is 0.728. The Kier molecular flexibility index (Phi) is 3.82. The molecule has 0 bridgehead atoms. The lowest BCUT2D eigenvalue weighted by Gasteiger charge is -2.25. The molecule has 0 fully saturated rings. The lowest BCUT2D eigenvalue weighted by atomic mass is 9.58. The Bertz CT molecular complexity index is 712. The van der Waals surface area contributed by atoms with Gasteiger partial charge in [0.05, 0.1) is 0 Å². The van der Waals surface area contributed by atoms with Crippen LogP contribution in [0, 0.1) is 0 Å². The summed E-state index contributed by atoms with van der Waals surface area (Å²) in [6, 6.07) is 5.86. The number of aryl methyl sites for hydroxylation is 1. The Balaban J connectivity index is 2.21. The molecule has 0 amide bonds. The lowest BCUT2D eigenvalue weighted by Crippen LogP contribution is -2.56. The van der Waals surface area contributed by atoms with Gasteiger partial charge in [-0.15, -0.1) is 27.3 Å². The average Bonchev–Trinajstić information content (AvgIpc) is 2.86. The topological polar surface area (TPSA) is 0 Å². The van der Waals surface area contributed by atoms with Gasteiger partial charge < -0.3 is 0 Å². The Morgan fingerprint density at radius 3 is 2.05 bits per heavy atom. The number of benzene rings is 2. The van der Waals surface area contributed by atoms with Crippen LogP contribution in [0.1, 0.15) is 29.0 Å². The molecule has 2 aromatic rings. The molecular formula is C15H8B5Cl. The van der Waals surface area contributed by atoms with Crippen molar-refractivity contribution in [2.24, 2.45) is 0 Å². The van der Waals surface area contributed by atoms with Gasteiger partial charge in [0.15, 0.2) is 0 Å². The first-order valence-electron chi connectivity index (χ1n) is 6.71. The van der Waals surface area contributed by atoms with Gasteiger partial charge in [-0.3, -0.25) is 0 Å². The molecule has 90 valence electrons. The van der Waals surface area contributed by atoms with Crippen LogP contribution in [0.4, 0.5) is 0 Å². The van der Waals surface area contributed by atoms with Crippen LogP contribution in [0.2, 0.25) is 5.02 Å². The van der Waals surface area contributed by atoms with Crippen LogP contribution in [0.3, 0.4) is 0 Å². The zero-order valence-corrected chi connectivity index (χ0v) is 12.2. The fourth-order valence-corrected chi connectivity index (χ4v) is 3.33. The third kappa shape index (κ3) is 2.30. The van der Waals surface area contributed by atoms with Gasteiger partial charge in [0, 0.05) is 10.9 Å². The van der Waals surface area contributed by atoms with Crippen LogP contribution in [0.25, 0.3) is 0 Å². The molecule has 0 saturated carbocycles. The molecule has 0 saturated heterocycles. The highest BCUT2D eigenvalue weighted by molar-refractivity contribution is 6.67.